The first kappa shape index (κ1) is 16.2. The fourth-order valence-electron chi connectivity index (χ4n) is 1.78. The van der Waals surface area contributed by atoms with E-state index in [0.717, 1.165) is 17.4 Å². The highest BCUT2D eigenvalue weighted by Crippen LogP contribution is 2.34. The molecule has 0 aliphatic carbocycles. The summed E-state index contributed by atoms with van der Waals surface area (Å²) in [7, 11) is -3.78. The van der Waals surface area contributed by atoms with E-state index in [1.54, 1.807) is 24.3 Å². The summed E-state index contributed by atoms with van der Waals surface area (Å²) in [5, 5.41) is 0. The summed E-state index contributed by atoms with van der Waals surface area (Å²) < 4.78 is 21.0. The van der Waals surface area contributed by atoms with E-state index in [9.17, 15) is 13.2 Å². The van der Waals surface area contributed by atoms with Gasteiger partial charge in [-0.05, 0) is 27.1 Å². The van der Waals surface area contributed by atoms with Crippen molar-refractivity contribution >= 4 is 43.2 Å². The van der Waals surface area contributed by atoms with Gasteiger partial charge < -0.3 is 0 Å². The Bertz CT molecular complexity index is 753. The molecule has 2 rings (SSSR count). The molecular formula is C15H12BrClO3S. The summed E-state index contributed by atoms with van der Waals surface area (Å²) in [5.41, 5.74) is 2.17. The molecule has 0 aromatic heterocycles. The lowest BCUT2D eigenvalue weighted by Gasteiger charge is -2.16. The van der Waals surface area contributed by atoms with Crippen molar-refractivity contribution in [2.24, 2.45) is 0 Å². The molecule has 3 nitrogen and oxygen atoms in total. The van der Waals surface area contributed by atoms with Crippen molar-refractivity contribution in [2.45, 2.75) is 3.12 Å². The lowest BCUT2D eigenvalue weighted by molar-refractivity contribution is 0.1000. The second-order valence-corrected chi connectivity index (χ2v) is 9.68. The third kappa shape index (κ3) is 3.36. The average molecular weight is 388 g/mol. The molecule has 6 heteroatoms. The minimum atomic E-state index is -3.78. The second-order valence-electron chi connectivity index (χ2n) is 4.56. The van der Waals surface area contributed by atoms with Crippen LogP contribution < -0.4 is 0 Å². The van der Waals surface area contributed by atoms with Crippen molar-refractivity contribution in [2.75, 3.05) is 6.26 Å². The van der Waals surface area contributed by atoms with Crippen LogP contribution in [0.4, 0.5) is 0 Å². The van der Waals surface area contributed by atoms with Gasteiger partial charge in [-0.3, -0.25) is 4.79 Å². The van der Waals surface area contributed by atoms with Gasteiger partial charge >= 0.3 is 0 Å². The Morgan fingerprint density at radius 1 is 1.00 bits per heavy atom. The van der Waals surface area contributed by atoms with Gasteiger partial charge in [0.05, 0.1) is 0 Å². The summed E-state index contributed by atoms with van der Waals surface area (Å²) in [6.07, 6.45) is 0.908. The number of carbonyl (C=O) groups is 1. The standard InChI is InChI=1S/C15H12BrClO3S/c1-21(19,20)15(16,17)14(18)13-9-7-12(8-10-13)11-5-3-2-4-6-11/h2-10H,1H3/t15-/m0/s1. The molecule has 21 heavy (non-hydrogen) atoms. The number of hydrogen-bond acceptors (Lipinski definition) is 3. The van der Waals surface area contributed by atoms with Crippen molar-refractivity contribution < 1.29 is 13.2 Å². The Balaban J connectivity index is 2.34. The molecule has 0 N–H and O–H groups in total. The van der Waals surface area contributed by atoms with Crippen molar-refractivity contribution in [1.82, 2.24) is 0 Å². The predicted molar refractivity (Wildman–Crippen MR) is 88.6 cm³/mol. The summed E-state index contributed by atoms with van der Waals surface area (Å²) in [6, 6.07) is 16.3. The zero-order valence-electron chi connectivity index (χ0n) is 11.1. The number of sulfone groups is 1. The van der Waals surface area contributed by atoms with Crippen LogP contribution in [0.5, 0.6) is 0 Å². The van der Waals surface area contributed by atoms with Gasteiger partial charge in [0.1, 0.15) is 0 Å². The first-order valence-corrected chi connectivity index (χ1v) is 9.07. The number of alkyl halides is 2. The highest BCUT2D eigenvalue weighted by atomic mass is 79.9. The Morgan fingerprint density at radius 3 is 1.95 bits per heavy atom. The third-order valence-corrected chi connectivity index (χ3v) is 7.24. The van der Waals surface area contributed by atoms with E-state index in [1.165, 1.54) is 0 Å². The molecule has 0 heterocycles. The van der Waals surface area contributed by atoms with Crippen LogP contribution in [0.25, 0.3) is 11.1 Å². The summed E-state index contributed by atoms with van der Waals surface area (Å²) >= 11 is 8.63. The first-order valence-electron chi connectivity index (χ1n) is 6.01. The molecule has 0 bridgehead atoms. The monoisotopic (exact) mass is 386 g/mol. The number of hydrogen-bond donors (Lipinski definition) is 0. The smallest absolute Gasteiger partial charge is 0.261 e. The minimum absolute atomic E-state index is 0.229. The van der Waals surface area contributed by atoms with Crippen molar-refractivity contribution in [3.63, 3.8) is 0 Å². The maximum Gasteiger partial charge on any atom is 0.261 e. The van der Waals surface area contributed by atoms with Crippen LogP contribution >= 0.6 is 27.5 Å². The molecule has 110 valence electrons. The van der Waals surface area contributed by atoms with Crippen LogP contribution in [-0.4, -0.2) is 23.6 Å². The molecule has 0 saturated carbocycles. The number of carbonyl (C=O) groups excluding carboxylic acids is 1. The highest BCUT2D eigenvalue weighted by molar-refractivity contribution is 9.12. The molecule has 0 unspecified atom stereocenters. The molecule has 0 aliphatic rings. The van der Waals surface area contributed by atoms with Crippen LogP contribution in [-0.2, 0) is 9.84 Å². The second kappa shape index (κ2) is 5.91. The largest absolute Gasteiger partial charge is 0.290 e. The van der Waals surface area contributed by atoms with E-state index < -0.39 is 18.7 Å². The van der Waals surface area contributed by atoms with Crippen molar-refractivity contribution in [1.29, 1.82) is 0 Å². The highest BCUT2D eigenvalue weighted by Gasteiger charge is 2.44. The third-order valence-electron chi connectivity index (χ3n) is 2.98. The molecule has 0 amide bonds. The van der Waals surface area contributed by atoms with Gasteiger partial charge in [-0.2, -0.15) is 0 Å². The number of benzene rings is 2. The molecule has 2 aromatic rings. The van der Waals surface area contributed by atoms with Crippen LogP contribution in [0, 0.1) is 0 Å². The maximum atomic E-state index is 12.2. The normalized spacial score (nSPS) is 14.4. The Morgan fingerprint density at radius 2 is 1.48 bits per heavy atom. The number of Topliss-reactive ketones (excluding diaryl/α,β-unsaturated/α-hetero) is 1. The maximum absolute atomic E-state index is 12.2. The number of rotatable bonds is 4. The van der Waals surface area contributed by atoms with Crippen LogP contribution in [0.1, 0.15) is 10.4 Å². The molecule has 1 atom stereocenters. The van der Waals surface area contributed by atoms with Crippen LogP contribution in [0.15, 0.2) is 54.6 Å². The summed E-state index contributed by atoms with van der Waals surface area (Å²) in [5.74, 6) is -0.703. The van der Waals surface area contributed by atoms with Gasteiger partial charge in [-0.15, -0.1) is 0 Å². The lowest BCUT2D eigenvalue weighted by atomic mass is 10.0. The van der Waals surface area contributed by atoms with Crippen LogP contribution in [0.2, 0.25) is 0 Å². The Hall–Kier alpha value is -1.17. The molecule has 2 aromatic carbocycles. The van der Waals surface area contributed by atoms with E-state index >= 15 is 0 Å². The van der Waals surface area contributed by atoms with Gasteiger partial charge in [-0.25, -0.2) is 8.42 Å². The van der Waals surface area contributed by atoms with E-state index in [2.05, 4.69) is 15.9 Å². The molecule has 0 fully saturated rings. The molecule has 0 aliphatic heterocycles. The van der Waals surface area contributed by atoms with Gasteiger partial charge in [0.15, 0.2) is 9.84 Å². The van der Waals surface area contributed by atoms with E-state index in [0.29, 0.717) is 0 Å². The Kier molecular flexibility index (Phi) is 4.56. The average Bonchev–Trinajstić information content (AvgIpc) is 2.46. The van der Waals surface area contributed by atoms with E-state index in [4.69, 9.17) is 11.6 Å². The summed E-state index contributed by atoms with van der Waals surface area (Å²) in [6.45, 7) is 0. The SMILES string of the molecule is CS(=O)(=O)[C@](Cl)(Br)C(=O)c1ccc(-c2ccccc2)cc1. The molecule has 0 radical (unpaired) electrons. The predicted octanol–water partition coefficient (Wildman–Crippen LogP) is 3.87. The van der Waals surface area contributed by atoms with Crippen molar-refractivity contribution in [3.05, 3.63) is 60.2 Å². The lowest BCUT2D eigenvalue weighted by Crippen LogP contribution is -2.34. The topological polar surface area (TPSA) is 51.2 Å². The fraction of sp³-hybridized carbons (Fsp3) is 0.133. The molecule has 0 saturated heterocycles. The molecular weight excluding hydrogens is 376 g/mol. The van der Waals surface area contributed by atoms with Crippen LogP contribution in [0.3, 0.4) is 0 Å². The van der Waals surface area contributed by atoms with Crippen molar-refractivity contribution in [3.8, 4) is 11.1 Å². The van der Waals surface area contributed by atoms with Gasteiger partial charge in [-0.1, -0.05) is 66.2 Å². The number of ketones is 1. The van der Waals surface area contributed by atoms with Gasteiger partial charge in [0.25, 0.3) is 3.12 Å². The Labute approximate surface area is 137 Å². The zero-order valence-corrected chi connectivity index (χ0v) is 14.2. The minimum Gasteiger partial charge on any atom is -0.290 e. The fourth-order valence-corrected chi connectivity index (χ4v) is 2.57. The van der Waals surface area contributed by atoms with Gasteiger partial charge in [0, 0.05) is 11.8 Å². The summed E-state index contributed by atoms with van der Waals surface area (Å²) in [4.78, 5) is 12.2. The molecule has 0 spiro atoms. The zero-order chi connectivity index (χ0) is 15.7. The quantitative estimate of drug-likeness (QED) is 0.591. The van der Waals surface area contributed by atoms with Gasteiger partial charge in [0.2, 0.25) is 5.78 Å². The van der Waals surface area contributed by atoms with E-state index in [-0.39, 0.29) is 5.56 Å². The van der Waals surface area contributed by atoms with E-state index in [1.807, 2.05) is 30.3 Å². The first-order chi connectivity index (χ1) is 9.73. The number of halogens is 2.